The zero-order chi connectivity index (χ0) is 13.1. The van der Waals surface area contributed by atoms with Gasteiger partial charge in [-0.1, -0.05) is 30.3 Å². The van der Waals surface area contributed by atoms with E-state index in [-0.39, 0.29) is 11.1 Å². The monoisotopic (exact) mass is 243 g/mol. The van der Waals surface area contributed by atoms with E-state index in [0.717, 1.165) is 6.08 Å². The molecule has 1 aliphatic rings. The Morgan fingerprint density at radius 1 is 1.17 bits per heavy atom. The topological polar surface area (TPSA) is 83.5 Å². The molecule has 0 unspecified atom stereocenters. The van der Waals surface area contributed by atoms with Crippen molar-refractivity contribution >= 4 is 23.9 Å². The van der Waals surface area contributed by atoms with Gasteiger partial charge in [-0.15, -0.1) is 0 Å². The first-order chi connectivity index (χ1) is 8.58. The van der Waals surface area contributed by atoms with Crippen LogP contribution in [-0.4, -0.2) is 22.9 Å². The number of amides is 2. The van der Waals surface area contributed by atoms with Gasteiger partial charge in [0.25, 0.3) is 11.8 Å². The first-order valence-electron chi connectivity index (χ1n) is 5.15. The van der Waals surface area contributed by atoms with Crippen LogP contribution in [0.1, 0.15) is 5.56 Å². The Balaban J connectivity index is 2.50. The fraction of sp³-hybridized carbons (Fsp3) is 0. The van der Waals surface area contributed by atoms with Gasteiger partial charge in [0.2, 0.25) is 0 Å². The molecule has 2 rings (SSSR count). The van der Waals surface area contributed by atoms with Gasteiger partial charge in [-0.05, 0) is 11.6 Å². The van der Waals surface area contributed by atoms with Gasteiger partial charge < -0.3 is 5.11 Å². The summed E-state index contributed by atoms with van der Waals surface area (Å²) in [4.78, 5) is 33.7. The SMILES string of the molecule is O=C1C=C(C(=O)O)/C(=C/c2ccccc2)C(=O)N1. The predicted molar refractivity (Wildman–Crippen MR) is 63.3 cm³/mol. The average Bonchev–Trinajstić information content (AvgIpc) is 2.33. The van der Waals surface area contributed by atoms with Gasteiger partial charge in [-0.25, -0.2) is 4.79 Å². The number of hydrogen-bond donors (Lipinski definition) is 2. The highest BCUT2D eigenvalue weighted by atomic mass is 16.4. The number of benzene rings is 1. The van der Waals surface area contributed by atoms with Crippen LogP contribution in [0.2, 0.25) is 0 Å². The third-order valence-corrected chi connectivity index (χ3v) is 2.39. The van der Waals surface area contributed by atoms with Crippen molar-refractivity contribution in [1.82, 2.24) is 5.32 Å². The van der Waals surface area contributed by atoms with Crippen LogP contribution in [0.15, 0.2) is 47.6 Å². The number of carboxylic acid groups (broad SMARTS) is 1. The number of aliphatic carboxylic acids is 1. The summed E-state index contributed by atoms with van der Waals surface area (Å²) in [5.74, 6) is -2.73. The molecule has 0 aliphatic carbocycles. The Morgan fingerprint density at radius 2 is 1.83 bits per heavy atom. The van der Waals surface area contributed by atoms with Gasteiger partial charge in [-0.2, -0.15) is 0 Å². The molecule has 1 aromatic carbocycles. The molecule has 1 heterocycles. The van der Waals surface area contributed by atoms with E-state index >= 15 is 0 Å². The van der Waals surface area contributed by atoms with Crippen LogP contribution in [0.3, 0.4) is 0 Å². The van der Waals surface area contributed by atoms with Crippen molar-refractivity contribution in [2.24, 2.45) is 0 Å². The molecule has 0 aromatic heterocycles. The highest BCUT2D eigenvalue weighted by molar-refractivity contribution is 6.22. The Morgan fingerprint density at radius 3 is 2.44 bits per heavy atom. The molecule has 90 valence electrons. The van der Waals surface area contributed by atoms with E-state index in [2.05, 4.69) is 0 Å². The van der Waals surface area contributed by atoms with Crippen molar-refractivity contribution < 1.29 is 19.5 Å². The van der Waals surface area contributed by atoms with Crippen molar-refractivity contribution in [1.29, 1.82) is 0 Å². The summed E-state index contributed by atoms with van der Waals surface area (Å²) in [7, 11) is 0. The van der Waals surface area contributed by atoms with Crippen LogP contribution in [0.25, 0.3) is 6.08 Å². The molecule has 0 saturated heterocycles. The van der Waals surface area contributed by atoms with E-state index in [0.29, 0.717) is 5.56 Å². The third kappa shape index (κ3) is 2.35. The minimum Gasteiger partial charge on any atom is -0.478 e. The molecule has 0 bridgehead atoms. The van der Waals surface area contributed by atoms with E-state index < -0.39 is 17.8 Å². The second kappa shape index (κ2) is 4.67. The van der Waals surface area contributed by atoms with Crippen molar-refractivity contribution in [2.45, 2.75) is 0 Å². The molecule has 1 aliphatic heterocycles. The lowest BCUT2D eigenvalue weighted by Crippen LogP contribution is -2.36. The summed E-state index contributed by atoms with van der Waals surface area (Å²) in [5.41, 5.74) is 0.352. The molecule has 2 N–H and O–H groups in total. The molecule has 0 spiro atoms. The normalized spacial score (nSPS) is 17.3. The van der Waals surface area contributed by atoms with Gasteiger partial charge in [0.05, 0.1) is 11.1 Å². The first-order valence-corrected chi connectivity index (χ1v) is 5.15. The largest absolute Gasteiger partial charge is 0.478 e. The maximum atomic E-state index is 11.6. The molecule has 0 saturated carbocycles. The Kier molecular flexibility index (Phi) is 3.05. The number of hydrogen-bond acceptors (Lipinski definition) is 3. The summed E-state index contributed by atoms with van der Waals surface area (Å²) < 4.78 is 0. The molecule has 0 fully saturated rings. The molecule has 5 heteroatoms. The highest BCUT2D eigenvalue weighted by Gasteiger charge is 2.27. The lowest BCUT2D eigenvalue weighted by molar-refractivity contribution is -0.134. The third-order valence-electron chi connectivity index (χ3n) is 2.39. The van der Waals surface area contributed by atoms with Gasteiger partial charge in [0.1, 0.15) is 0 Å². The number of carbonyl (C=O) groups is 3. The Bertz CT molecular complexity index is 584. The van der Waals surface area contributed by atoms with Crippen molar-refractivity contribution in [3.8, 4) is 0 Å². The molecular weight excluding hydrogens is 234 g/mol. The van der Waals surface area contributed by atoms with E-state index in [1.807, 2.05) is 5.32 Å². The number of rotatable bonds is 2. The van der Waals surface area contributed by atoms with E-state index in [1.165, 1.54) is 6.08 Å². The second-order valence-corrected chi connectivity index (χ2v) is 3.65. The molecule has 5 nitrogen and oxygen atoms in total. The van der Waals surface area contributed by atoms with Gasteiger partial charge in [0.15, 0.2) is 0 Å². The standard InChI is InChI=1S/C13H9NO4/c15-11-7-10(13(17)18)9(12(16)14-11)6-8-4-2-1-3-5-8/h1-7H,(H,17,18)(H,14,15,16)/b9-6-. The lowest BCUT2D eigenvalue weighted by Gasteiger charge is -2.13. The van der Waals surface area contributed by atoms with Crippen LogP contribution in [0.5, 0.6) is 0 Å². The molecule has 18 heavy (non-hydrogen) atoms. The van der Waals surface area contributed by atoms with E-state index in [9.17, 15) is 14.4 Å². The van der Waals surface area contributed by atoms with Crippen molar-refractivity contribution in [3.05, 3.63) is 53.1 Å². The van der Waals surface area contributed by atoms with E-state index in [1.54, 1.807) is 30.3 Å². The average molecular weight is 243 g/mol. The first kappa shape index (κ1) is 11.8. The van der Waals surface area contributed by atoms with Gasteiger partial charge >= 0.3 is 5.97 Å². The Hall–Kier alpha value is -2.69. The Labute approximate surface area is 102 Å². The van der Waals surface area contributed by atoms with Crippen LogP contribution in [0, 0.1) is 0 Å². The highest BCUT2D eigenvalue weighted by Crippen LogP contribution is 2.18. The molecule has 0 radical (unpaired) electrons. The summed E-state index contributed by atoms with van der Waals surface area (Å²) in [6.45, 7) is 0. The zero-order valence-corrected chi connectivity index (χ0v) is 9.21. The van der Waals surface area contributed by atoms with Crippen LogP contribution < -0.4 is 5.32 Å². The summed E-state index contributed by atoms with van der Waals surface area (Å²) in [6.07, 6.45) is 2.33. The number of nitrogens with one attached hydrogen (secondary N) is 1. The summed E-state index contributed by atoms with van der Waals surface area (Å²) in [5, 5.41) is 11.0. The maximum absolute atomic E-state index is 11.6. The second-order valence-electron chi connectivity index (χ2n) is 3.65. The maximum Gasteiger partial charge on any atom is 0.336 e. The van der Waals surface area contributed by atoms with Crippen molar-refractivity contribution in [3.63, 3.8) is 0 Å². The lowest BCUT2D eigenvalue weighted by atomic mass is 9.99. The van der Waals surface area contributed by atoms with Crippen molar-refractivity contribution in [2.75, 3.05) is 0 Å². The van der Waals surface area contributed by atoms with Crippen LogP contribution >= 0.6 is 0 Å². The molecule has 0 atom stereocenters. The number of carbonyl (C=O) groups excluding carboxylic acids is 2. The number of imide groups is 1. The van der Waals surface area contributed by atoms with Gasteiger partial charge in [0, 0.05) is 6.08 Å². The predicted octanol–water partition coefficient (Wildman–Crippen LogP) is 0.737. The smallest absolute Gasteiger partial charge is 0.336 e. The molecule has 1 aromatic rings. The molecular formula is C13H9NO4. The van der Waals surface area contributed by atoms with Gasteiger partial charge in [-0.3, -0.25) is 14.9 Å². The summed E-state index contributed by atoms with van der Waals surface area (Å²) in [6, 6.07) is 8.80. The minimum absolute atomic E-state index is 0.0340. The minimum atomic E-state index is -1.31. The fourth-order valence-electron chi connectivity index (χ4n) is 1.58. The fourth-order valence-corrected chi connectivity index (χ4v) is 1.58. The van der Waals surface area contributed by atoms with Crippen LogP contribution in [-0.2, 0) is 14.4 Å². The number of carboxylic acids is 1. The van der Waals surface area contributed by atoms with E-state index in [4.69, 9.17) is 5.11 Å². The zero-order valence-electron chi connectivity index (χ0n) is 9.21. The van der Waals surface area contributed by atoms with Crippen LogP contribution in [0.4, 0.5) is 0 Å². The summed E-state index contributed by atoms with van der Waals surface area (Å²) >= 11 is 0. The molecule has 2 amide bonds. The quantitative estimate of drug-likeness (QED) is 0.592.